The predicted octanol–water partition coefficient (Wildman–Crippen LogP) is 4.12. The molecule has 1 saturated heterocycles. The number of amides is 1. The number of pyridine rings is 1. The van der Waals surface area contributed by atoms with Gasteiger partial charge in [0, 0.05) is 18.4 Å². The molecule has 2 aliphatic rings. The third-order valence-electron chi connectivity index (χ3n) is 5.85. The van der Waals surface area contributed by atoms with Crippen molar-refractivity contribution in [3.63, 3.8) is 0 Å². The van der Waals surface area contributed by atoms with Crippen molar-refractivity contribution in [2.24, 2.45) is 10.8 Å². The summed E-state index contributed by atoms with van der Waals surface area (Å²) < 4.78 is 38.4. The molecule has 1 aliphatic carbocycles. The third-order valence-corrected chi connectivity index (χ3v) is 5.85. The topological polar surface area (TPSA) is 45.2 Å². The second kappa shape index (κ2) is 7.08. The minimum Gasteiger partial charge on any atom is -0.349 e. The molecule has 0 aromatic carbocycles. The van der Waals surface area contributed by atoms with E-state index in [0.29, 0.717) is 5.41 Å². The molecule has 1 aromatic heterocycles. The van der Waals surface area contributed by atoms with E-state index in [9.17, 15) is 18.0 Å². The van der Waals surface area contributed by atoms with Gasteiger partial charge in [-0.05, 0) is 62.2 Å². The van der Waals surface area contributed by atoms with Crippen LogP contribution in [0.15, 0.2) is 18.5 Å². The maximum Gasteiger partial charge on any atom is 0.417 e. The second-order valence-electron chi connectivity index (χ2n) is 9.20. The van der Waals surface area contributed by atoms with Crippen molar-refractivity contribution in [1.29, 1.82) is 0 Å². The molecule has 1 spiro atoms. The molecule has 1 amide bonds. The SMILES string of the molecule is CC(C)(C)CCN1CCC2(CC1)CC2NC(=O)c1cncc(C(F)(F)F)c1. The number of alkyl halides is 3. The van der Waals surface area contributed by atoms with E-state index in [4.69, 9.17) is 0 Å². The van der Waals surface area contributed by atoms with Gasteiger partial charge in [0.1, 0.15) is 0 Å². The van der Waals surface area contributed by atoms with Crippen molar-refractivity contribution in [2.45, 2.75) is 58.7 Å². The number of nitrogens with one attached hydrogen (secondary N) is 1. The number of aromatic nitrogens is 1. The predicted molar refractivity (Wildman–Crippen MR) is 97.3 cm³/mol. The number of carbonyl (C=O) groups excluding carboxylic acids is 1. The van der Waals surface area contributed by atoms with Gasteiger partial charge in [0.25, 0.3) is 5.91 Å². The quantitative estimate of drug-likeness (QED) is 0.851. The molecule has 0 bridgehead atoms. The molecule has 1 aromatic rings. The van der Waals surface area contributed by atoms with Crippen molar-refractivity contribution in [2.75, 3.05) is 19.6 Å². The maximum absolute atomic E-state index is 12.8. The van der Waals surface area contributed by atoms with Gasteiger partial charge in [-0.2, -0.15) is 13.2 Å². The van der Waals surface area contributed by atoms with Crippen LogP contribution in [0.4, 0.5) is 13.2 Å². The van der Waals surface area contributed by atoms with Gasteiger partial charge in [0.2, 0.25) is 0 Å². The number of piperidine rings is 1. The Hall–Kier alpha value is -1.63. The zero-order chi connectivity index (χ0) is 19.9. The monoisotopic (exact) mass is 383 g/mol. The number of likely N-dealkylation sites (tertiary alicyclic amines) is 1. The van der Waals surface area contributed by atoms with E-state index in [2.05, 4.69) is 36.0 Å². The molecular formula is C20H28F3N3O. The molecule has 0 radical (unpaired) electrons. The van der Waals surface area contributed by atoms with Crippen LogP contribution in [0.25, 0.3) is 0 Å². The highest BCUT2D eigenvalue weighted by Crippen LogP contribution is 2.54. The Morgan fingerprint density at radius 2 is 1.93 bits per heavy atom. The van der Waals surface area contributed by atoms with Crippen molar-refractivity contribution in [1.82, 2.24) is 15.2 Å². The summed E-state index contributed by atoms with van der Waals surface area (Å²) in [7, 11) is 0. The Morgan fingerprint density at radius 3 is 2.52 bits per heavy atom. The Bertz CT molecular complexity index is 688. The van der Waals surface area contributed by atoms with E-state index < -0.39 is 17.6 Å². The summed E-state index contributed by atoms with van der Waals surface area (Å²) in [5, 5.41) is 2.92. The normalized spacial score (nSPS) is 22.7. The first kappa shape index (κ1) is 20.1. The minimum atomic E-state index is -4.50. The number of nitrogens with zero attached hydrogens (tertiary/aromatic N) is 2. The van der Waals surface area contributed by atoms with Gasteiger partial charge in [0.15, 0.2) is 0 Å². The first-order valence-electron chi connectivity index (χ1n) is 9.54. The van der Waals surface area contributed by atoms with Crippen LogP contribution in [0.2, 0.25) is 0 Å². The number of carbonyl (C=O) groups is 1. The van der Waals surface area contributed by atoms with Gasteiger partial charge in [-0.15, -0.1) is 0 Å². The molecule has 1 N–H and O–H groups in total. The smallest absolute Gasteiger partial charge is 0.349 e. The average Bonchev–Trinajstić information content (AvgIpc) is 3.24. The lowest BCUT2D eigenvalue weighted by atomic mass is 9.89. The number of rotatable bonds is 4. The highest BCUT2D eigenvalue weighted by molar-refractivity contribution is 5.94. The van der Waals surface area contributed by atoms with Gasteiger partial charge in [-0.25, -0.2) is 0 Å². The Balaban J connectivity index is 1.51. The van der Waals surface area contributed by atoms with Gasteiger partial charge in [-0.1, -0.05) is 20.8 Å². The van der Waals surface area contributed by atoms with E-state index in [1.807, 2.05) is 0 Å². The van der Waals surface area contributed by atoms with Crippen molar-refractivity contribution in [3.8, 4) is 0 Å². The Kier molecular flexibility index (Phi) is 5.27. The molecule has 7 heteroatoms. The maximum atomic E-state index is 12.8. The number of halogens is 3. The molecule has 4 nitrogen and oxygen atoms in total. The Labute approximate surface area is 158 Å². The molecule has 2 fully saturated rings. The first-order valence-corrected chi connectivity index (χ1v) is 9.54. The van der Waals surface area contributed by atoms with E-state index >= 15 is 0 Å². The molecular weight excluding hydrogens is 355 g/mol. The minimum absolute atomic E-state index is 0.0329. The summed E-state index contributed by atoms with van der Waals surface area (Å²) in [5.74, 6) is -0.467. The Morgan fingerprint density at radius 1 is 1.26 bits per heavy atom. The largest absolute Gasteiger partial charge is 0.417 e. The van der Waals surface area contributed by atoms with Crippen LogP contribution in [0.5, 0.6) is 0 Å². The fourth-order valence-corrected chi connectivity index (χ4v) is 3.78. The number of hydrogen-bond donors (Lipinski definition) is 1. The van der Waals surface area contributed by atoms with Gasteiger partial charge in [0.05, 0.1) is 11.1 Å². The zero-order valence-electron chi connectivity index (χ0n) is 16.2. The summed E-state index contributed by atoms with van der Waals surface area (Å²) in [4.78, 5) is 18.4. The van der Waals surface area contributed by atoms with E-state index in [1.54, 1.807) is 0 Å². The van der Waals surface area contributed by atoms with Crippen LogP contribution in [-0.4, -0.2) is 41.5 Å². The summed E-state index contributed by atoms with van der Waals surface area (Å²) in [6.45, 7) is 9.86. The van der Waals surface area contributed by atoms with Gasteiger partial charge >= 0.3 is 6.18 Å². The van der Waals surface area contributed by atoms with Crippen LogP contribution in [0, 0.1) is 10.8 Å². The van der Waals surface area contributed by atoms with Crippen molar-refractivity contribution >= 4 is 5.91 Å². The average molecular weight is 383 g/mol. The lowest BCUT2D eigenvalue weighted by Crippen LogP contribution is -2.39. The highest BCUT2D eigenvalue weighted by Gasteiger charge is 2.55. The first-order chi connectivity index (χ1) is 12.5. The van der Waals surface area contributed by atoms with Gasteiger partial charge in [-0.3, -0.25) is 9.78 Å². The number of hydrogen-bond acceptors (Lipinski definition) is 3. The highest BCUT2D eigenvalue weighted by atomic mass is 19.4. The summed E-state index contributed by atoms with van der Waals surface area (Å²) in [6.07, 6.45) is 1.56. The molecule has 1 aliphatic heterocycles. The molecule has 27 heavy (non-hydrogen) atoms. The fraction of sp³-hybridized carbons (Fsp3) is 0.700. The standard InChI is InChI=1S/C20H28F3N3O/c1-18(2,3)4-7-26-8-5-19(6-9-26)11-16(19)25-17(27)14-10-15(13-24-12-14)20(21,22)23/h10,12-13,16H,4-9,11H2,1-3H3,(H,25,27). The molecule has 1 unspecified atom stereocenters. The molecule has 1 atom stereocenters. The lowest BCUT2D eigenvalue weighted by molar-refractivity contribution is -0.137. The third kappa shape index (κ3) is 5.00. The van der Waals surface area contributed by atoms with Crippen LogP contribution in [-0.2, 0) is 6.18 Å². The summed E-state index contributed by atoms with van der Waals surface area (Å²) in [6, 6.07) is 0.927. The lowest BCUT2D eigenvalue weighted by Gasteiger charge is -2.34. The summed E-state index contributed by atoms with van der Waals surface area (Å²) in [5.41, 5.74) is -0.477. The molecule has 2 heterocycles. The molecule has 150 valence electrons. The van der Waals surface area contributed by atoms with Crippen LogP contribution < -0.4 is 5.32 Å². The van der Waals surface area contributed by atoms with E-state index in [1.165, 1.54) is 6.20 Å². The van der Waals surface area contributed by atoms with Crippen molar-refractivity contribution < 1.29 is 18.0 Å². The fourth-order valence-electron chi connectivity index (χ4n) is 3.78. The zero-order valence-corrected chi connectivity index (χ0v) is 16.2. The van der Waals surface area contributed by atoms with Crippen LogP contribution in [0.3, 0.4) is 0 Å². The summed E-state index contributed by atoms with van der Waals surface area (Å²) >= 11 is 0. The molecule has 3 rings (SSSR count). The second-order valence-corrected chi connectivity index (χ2v) is 9.20. The van der Waals surface area contributed by atoms with Crippen LogP contribution in [0.1, 0.15) is 62.4 Å². The van der Waals surface area contributed by atoms with E-state index in [-0.39, 0.29) is 17.0 Å². The van der Waals surface area contributed by atoms with Crippen molar-refractivity contribution in [3.05, 3.63) is 29.6 Å². The molecule has 1 saturated carbocycles. The van der Waals surface area contributed by atoms with Gasteiger partial charge < -0.3 is 10.2 Å². The van der Waals surface area contributed by atoms with Crippen LogP contribution >= 0.6 is 0 Å². The van der Waals surface area contributed by atoms with E-state index in [0.717, 1.165) is 57.6 Å².